The van der Waals surface area contributed by atoms with E-state index in [2.05, 4.69) is 19.6 Å². The average Bonchev–Trinajstić information content (AvgIpc) is 2.39. The summed E-state index contributed by atoms with van der Waals surface area (Å²) < 4.78 is 0. The lowest BCUT2D eigenvalue weighted by Crippen LogP contribution is -2.44. The molecule has 2 heterocycles. The van der Waals surface area contributed by atoms with Crippen molar-refractivity contribution >= 4 is 5.91 Å². The van der Waals surface area contributed by atoms with E-state index in [1.807, 2.05) is 11.0 Å². The van der Waals surface area contributed by atoms with Crippen molar-refractivity contribution in [2.24, 2.45) is 0 Å². The number of nitrogens with zero attached hydrogens (tertiary/aromatic N) is 1. The zero-order chi connectivity index (χ0) is 13.0. The Labute approximate surface area is 110 Å². The molecule has 1 amide bonds. The highest BCUT2D eigenvalue weighted by molar-refractivity contribution is 5.89. The maximum Gasteiger partial charge on any atom is 0.246 e. The molecular weight excluding hydrogens is 222 g/mol. The van der Waals surface area contributed by atoms with Gasteiger partial charge in [0.05, 0.1) is 0 Å². The Morgan fingerprint density at radius 3 is 3.06 bits per heavy atom. The van der Waals surface area contributed by atoms with E-state index in [1.165, 1.54) is 30.4 Å². The Bertz CT molecular complexity index is 392. The van der Waals surface area contributed by atoms with Crippen LogP contribution in [0.3, 0.4) is 0 Å². The summed E-state index contributed by atoms with van der Waals surface area (Å²) >= 11 is 0. The maximum absolute atomic E-state index is 11.8. The van der Waals surface area contributed by atoms with Crippen LogP contribution in [0.15, 0.2) is 36.0 Å². The summed E-state index contributed by atoms with van der Waals surface area (Å²) in [4.78, 5) is 13.8. The smallest absolute Gasteiger partial charge is 0.246 e. The van der Waals surface area contributed by atoms with Gasteiger partial charge in [0, 0.05) is 12.6 Å². The van der Waals surface area contributed by atoms with Gasteiger partial charge in [0.25, 0.3) is 0 Å². The molecule has 0 aromatic carbocycles. The fraction of sp³-hybridized carbons (Fsp3) is 0.562. The maximum atomic E-state index is 11.8. The summed E-state index contributed by atoms with van der Waals surface area (Å²) in [6, 6.07) is 0.384. The van der Waals surface area contributed by atoms with Crippen molar-refractivity contribution in [3.8, 4) is 0 Å². The highest BCUT2D eigenvalue weighted by atomic mass is 16.2. The molecule has 98 valence electrons. The van der Waals surface area contributed by atoms with Crippen LogP contribution in [0.1, 0.15) is 45.4 Å². The van der Waals surface area contributed by atoms with Crippen LogP contribution in [-0.4, -0.2) is 23.4 Å². The summed E-state index contributed by atoms with van der Waals surface area (Å²) in [6.07, 6.45) is 12.8. The molecule has 0 radical (unpaired) electrons. The molecule has 0 saturated carbocycles. The zero-order valence-electron chi connectivity index (χ0n) is 11.3. The minimum atomic E-state index is 0.165. The topological polar surface area (TPSA) is 20.3 Å². The SMILES string of the molecule is C=C(CCCCC)C1=CCC2CC=CC(=O)N2C1. The van der Waals surface area contributed by atoms with E-state index in [9.17, 15) is 4.79 Å². The lowest BCUT2D eigenvalue weighted by Gasteiger charge is -2.37. The number of hydrogen-bond donors (Lipinski definition) is 0. The Morgan fingerprint density at radius 2 is 2.28 bits per heavy atom. The number of amides is 1. The molecule has 0 N–H and O–H groups in total. The molecule has 0 saturated heterocycles. The fourth-order valence-corrected chi connectivity index (χ4v) is 2.69. The van der Waals surface area contributed by atoms with Crippen LogP contribution >= 0.6 is 0 Å². The number of hydrogen-bond acceptors (Lipinski definition) is 1. The van der Waals surface area contributed by atoms with Crippen molar-refractivity contribution in [3.05, 3.63) is 36.0 Å². The highest BCUT2D eigenvalue weighted by Crippen LogP contribution is 2.27. The Balaban J connectivity index is 1.94. The van der Waals surface area contributed by atoms with Crippen LogP contribution in [0.4, 0.5) is 0 Å². The number of rotatable bonds is 5. The molecule has 1 unspecified atom stereocenters. The normalized spacial score (nSPS) is 22.7. The molecule has 0 aliphatic carbocycles. The first kappa shape index (κ1) is 13.1. The van der Waals surface area contributed by atoms with Gasteiger partial charge in [-0.15, -0.1) is 0 Å². The van der Waals surface area contributed by atoms with Gasteiger partial charge in [-0.25, -0.2) is 0 Å². The first-order chi connectivity index (χ1) is 8.72. The summed E-state index contributed by atoms with van der Waals surface area (Å²) in [5, 5.41) is 0. The standard InChI is InChI=1S/C16H23NO/c1-3-4-5-7-13(2)14-10-11-15-8-6-9-16(18)17(15)12-14/h6,9-10,15H,2-5,7-8,11-12H2,1H3. The molecule has 0 aromatic heterocycles. The van der Waals surface area contributed by atoms with Crippen molar-refractivity contribution < 1.29 is 4.79 Å². The van der Waals surface area contributed by atoms with Gasteiger partial charge in [-0.2, -0.15) is 0 Å². The average molecular weight is 245 g/mol. The molecule has 0 fully saturated rings. The first-order valence-corrected chi connectivity index (χ1v) is 7.06. The minimum absolute atomic E-state index is 0.165. The van der Waals surface area contributed by atoms with E-state index in [1.54, 1.807) is 6.08 Å². The molecule has 0 spiro atoms. The van der Waals surface area contributed by atoms with E-state index in [4.69, 9.17) is 0 Å². The third kappa shape index (κ3) is 2.92. The number of carbonyl (C=O) groups is 1. The molecule has 2 aliphatic rings. The molecule has 0 aromatic rings. The largest absolute Gasteiger partial charge is 0.331 e. The fourth-order valence-electron chi connectivity index (χ4n) is 2.69. The summed E-state index contributed by atoms with van der Waals surface area (Å²) in [6.45, 7) is 7.17. The van der Waals surface area contributed by atoms with Gasteiger partial charge >= 0.3 is 0 Å². The van der Waals surface area contributed by atoms with Crippen LogP contribution in [0.5, 0.6) is 0 Å². The quantitative estimate of drug-likeness (QED) is 0.678. The van der Waals surface area contributed by atoms with Gasteiger partial charge in [-0.3, -0.25) is 4.79 Å². The van der Waals surface area contributed by atoms with Crippen molar-refractivity contribution in [3.63, 3.8) is 0 Å². The third-order valence-corrected chi connectivity index (χ3v) is 3.91. The highest BCUT2D eigenvalue weighted by Gasteiger charge is 2.28. The molecular formula is C16H23NO. The second-order valence-electron chi connectivity index (χ2n) is 5.28. The summed E-state index contributed by atoms with van der Waals surface area (Å²) in [5.41, 5.74) is 2.51. The van der Waals surface area contributed by atoms with Crippen LogP contribution in [0, 0.1) is 0 Å². The van der Waals surface area contributed by atoms with Gasteiger partial charge in [0.2, 0.25) is 5.91 Å². The Morgan fingerprint density at radius 1 is 1.44 bits per heavy atom. The molecule has 0 bridgehead atoms. The van der Waals surface area contributed by atoms with Crippen LogP contribution in [-0.2, 0) is 4.79 Å². The monoisotopic (exact) mass is 245 g/mol. The van der Waals surface area contributed by atoms with Gasteiger partial charge < -0.3 is 4.90 Å². The van der Waals surface area contributed by atoms with E-state index < -0.39 is 0 Å². The Hall–Kier alpha value is -1.31. The molecule has 2 rings (SSSR count). The molecule has 1 atom stereocenters. The lowest BCUT2D eigenvalue weighted by atomic mass is 9.92. The number of fused-ring (bicyclic) bond motifs is 1. The predicted octanol–water partition coefficient (Wildman–Crippen LogP) is 3.61. The number of unbranched alkanes of at least 4 members (excludes halogenated alkanes) is 2. The lowest BCUT2D eigenvalue weighted by molar-refractivity contribution is -0.128. The van der Waals surface area contributed by atoms with Crippen LogP contribution < -0.4 is 0 Å². The van der Waals surface area contributed by atoms with Crippen molar-refractivity contribution in [1.29, 1.82) is 0 Å². The van der Waals surface area contributed by atoms with Crippen molar-refractivity contribution in [2.75, 3.05) is 6.54 Å². The minimum Gasteiger partial charge on any atom is -0.331 e. The van der Waals surface area contributed by atoms with E-state index in [-0.39, 0.29) is 5.91 Å². The molecule has 2 nitrogen and oxygen atoms in total. The van der Waals surface area contributed by atoms with Crippen molar-refractivity contribution in [1.82, 2.24) is 4.90 Å². The van der Waals surface area contributed by atoms with E-state index in [0.29, 0.717) is 6.04 Å². The molecule has 2 aliphatic heterocycles. The zero-order valence-corrected chi connectivity index (χ0v) is 11.3. The summed E-state index contributed by atoms with van der Waals surface area (Å²) in [5.74, 6) is 0.165. The molecule has 2 heteroatoms. The van der Waals surface area contributed by atoms with Gasteiger partial charge in [-0.1, -0.05) is 44.1 Å². The van der Waals surface area contributed by atoms with Gasteiger partial charge in [0.1, 0.15) is 0 Å². The second-order valence-corrected chi connectivity index (χ2v) is 5.28. The van der Waals surface area contributed by atoms with Gasteiger partial charge in [-0.05, 0) is 37.3 Å². The molecule has 18 heavy (non-hydrogen) atoms. The summed E-state index contributed by atoms with van der Waals surface area (Å²) in [7, 11) is 0. The number of carbonyl (C=O) groups excluding carboxylic acids is 1. The van der Waals surface area contributed by atoms with Crippen LogP contribution in [0.2, 0.25) is 0 Å². The second kappa shape index (κ2) is 6.03. The van der Waals surface area contributed by atoms with Gasteiger partial charge in [0.15, 0.2) is 0 Å². The predicted molar refractivity (Wildman–Crippen MR) is 75.2 cm³/mol. The Kier molecular flexibility index (Phi) is 4.40. The van der Waals surface area contributed by atoms with E-state index in [0.717, 1.165) is 25.8 Å². The first-order valence-electron chi connectivity index (χ1n) is 7.06. The van der Waals surface area contributed by atoms with Crippen molar-refractivity contribution in [2.45, 2.75) is 51.5 Å². The third-order valence-electron chi connectivity index (χ3n) is 3.91. The van der Waals surface area contributed by atoms with E-state index >= 15 is 0 Å². The van der Waals surface area contributed by atoms with Crippen LogP contribution in [0.25, 0.3) is 0 Å².